The number of anilines is 2. The predicted octanol–water partition coefficient (Wildman–Crippen LogP) is 4.38. The van der Waals surface area contributed by atoms with Crippen LogP contribution in [-0.4, -0.2) is 42.3 Å². The first-order valence-electron chi connectivity index (χ1n) is 11.6. The van der Waals surface area contributed by atoms with E-state index in [2.05, 4.69) is 19.2 Å². The molecule has 1 N–H and O–H groups in total. The summed E-state index contributed by atoms with van der Waals surface area (Å²) in [5.41, 5.74) is 1.75. The van der Waals surface area contributed by atoms with Crippen molar-refractivity contribution in [2.75, 3.05) is 29.9 Å². The highest BCUT2D eigenvalue weighted by atomic mass is 19.1. The summed E-state index contributed by atoms with van der Waals surface area (Å²) in [5.74, 6) is -2.26. The number of amides is 3. The largest absolute Gasteiger partial charge is 0.338 e. The van der Waals surface area contributed by atoms with E-state index >= 15 is 0 Å². The third-order valence-corrected chi connectivity index (χ3v) is 6.59. The van der Waals surface area contributed by atoms with Gasteiger partial charge in [-0.3, -0.25) is 14.4 Å². The zero-order valence-electron chi connectivity index (χ0n) is 19.6. The van der Waals surface area contributed by atoms with Gasteiger partial charge in [-0.15, -0.1) is 0 Å². The van der Waals surface area contributed by atoms with Crippen LogP contribution in [0.1, 0.15) is 42.6 Å². The predicted molar refractivity (Wildman–Crippen MR) is 125 cm³/mol. The lowest BCUT2D eigenvalue weighted by Gasteiger charge is -2.35. The number of benzene rings is 2. The van der Waals surface area contributed by atoms with Crippen molar-refractivity contribution in [3.8, 4) is 0 Å². The first-order valence-corrected chi connectivity index (χ1v) is 11.6. The molecular weight excluding hydrogens is 440 g/mol. The lowest BCUT2D eigenvalue weighted by molar-refractivity contribution is -0.122. The molecule has 0 spiro atoms. The molecule has 3 unspecified atom stereocenters. The Labute approximate surface area is 197 Å². The van der Waals surface area contributed by atoms with Gasteiger partial charge >= 0.3 is 0 Å². The number of carbonyl (C=O) groups excluding carboxylic acids is 3. The molecule has 8 heteroatoms. The molecule has 34 heavy (non-hydrogen) atoms. The van der Waals surface area contributed by atoms with Crippen molar-refractivity contribution in [1.82, 2.24) is 4.90 Å². The summed E-state index contributed by atoms with van der Waals surface area (Å²) in [4.78, 5) is 41.5. The molecule has 4 rings (SSSR count). The molecule has 2 aliphatic heterocycles. The molecule has 6 nitrogen and oxygen atoms in total. The summed E-state index contributed by atoms with van der Waals surface area (Å²) in [6.07, 6.45) is 1.02. The van der Waals surface area contributed by atoms with Gasteiger partial charge < -0.3 is 15.1 Å². The fourth-order valence-electron chi connectivity index (χ4n) is 4.95. The molecule has 2 heterocycles. The lowest BCUT2D eigenvalue weighted by atomic mass is 9.91. The van der Waals surface area contributed by atoms with E-state index in [1.807, 2.05) is 11.8 Å². The monoisotopic (exact) mass is 469 g/mol. The number of piperidine rings is 1. The first-order chi connectivity index (χ1) is 16.1. The Kier molecular flexibility index (Phi) is 6.68. The maximum Gasteiger partial charge on any atom is 0.253 e. The number of nitrogens with one attached hydrogen (secondary N) is 1. The van der Waals surface area contributed by atoms with Crippen molar-refractivity contribution in [3.63, 3.8) is 0 Å². The lowest BCUT2D eigenvalue weighted by Crippen LogP contribution is -2.42. The standard InChI is InChI=1S/C26H29F2N3O3/c1-15-8-16(2)13-30(12-15)26(34)18-5-4-17(3)22(9-18)29-25(33)19-10-24(32)31(14-19)23-7-6-20(27)11-21(23)28/h4-7,9,11,15-16,19H,8,10,12-14H2,1-3H3,(H,29,33). The van der Waals surface area contributed by atoms with Crippen LogP contribution in [-0.2, 0) is 9.59 Å². The van der Waals surface area contributed by atoms with E-state index in [9.17, 15) is 23.2 Å². The molecule has 0 aromatic heterocycles. The fourth-order valence-corrected chi connectivity index (χ4v) is 4.95. The first kappa shape index (κ1) is 23.9. The van der Waals surface area contributed by atoms with E-state index in [0.29, 0.717) is 42.2 Å². The number of aryl methyl sites for hydroxylation is 1. The maximum atomic E-state index is 14.2. The normalized spacial score (nSPS) is 22.7. The van der Waals surface area contributed by atoms with Crippen molar-refractivity contribution in [3.05, 3.63) is 59.2 Å². The quantitative estimate of drug-likeness (QED) is 0.723. The molecule has 2 aliphatic rings. The van der Waals surface area contributed by atoms with Crippen molar-refractivity contribution >= 4 is 29.1 Å². The number of halogens is 2. The van der Waals surface area contributed by atoms with E-state index in [1.165, 1.54) is 11.0 Å². The molecule has 0 aliphatic carbocycles. The van der Waals surface area contributed by atoms with Crippen LogP contribution >= 0.6 is 0 Å². The number of nitrogens with zero attached hydrogens (tertiary/aromatic N) is 2. The minimum absolute atomic E-state index is 0.00551. The van der Waals surface area contributed by atoms with Crippen LogP contribution in [0.3, 0.4) is 0 Å². The second kappa shape index (κ2) is 9.52. The van der Waals surface area contributed by atoms with Gasteiger partial charge in [0.25, 0.3) is 5.91 Å². The second-order valence-corrected chi connectivity index (χ2v) is 9.68. The van der Waals surface area contributed by atoms with Gasteiger partial charge in [0.1, 0.15) is 11.6 Å². The summed E-state index contributed by atoms with van der Waals surface area (Å²) in [5, 5.41) is 2.84. The van der Waals surface area contributed by atoms with Gasteiger partial charge in [0.2, 0.25) is 11.8 Å². The molecule has 0 saturated carbocycles. The molecule has 3 amide bonds. The smallest absolute Gasteiger partial charge is 0.253 e. The van der Waals surface area contributed by atoms with Crippen molar-refractivity contribution in [2.24, 2.45) is 17.8 Å². The van der Waals surface area contributed by atoms with Gasteiger partial charge in [-0.2, -0.15) is 0 Å². The summed E-state index contributed by atoms with van der Waals surface area (Å²) in [6, 6.07) is 8.22. The van der Waals surface area contributed by atoms with Gasteiger partial charge in [0, 0.05) is 43.4 Å². The van der Waals surface area contributed by atoms with Crippen molar-refractivity contribution < 1.29 is 23.2 Å². The molecule has 0 bridgehead atoms. The Morgan fingerprint density at radius 3 is 2.38 bits per heavy atom. The summed E-state index contributed by atoms with van der Waals surface area (Å²) >= 11 is 0. The average Bonchev–Trinajstić information content (AvgIpc) is 3.15. The Morgan fingerprint density at radius 2 is 1.71 bits per heavy atom. The van der Waals surface area contributed by atoms with E-state index in [4.69, 9.17) is 0 Å². The Balaban J connectivity index is 1.47. The molecule has 0 radical (unpaired) electrons. The van der Waals surface area contributed by atoms with Crippen LogP contribution in [0.25, 0.3) is 0 Å². The number of likely N-dealkylation sites (tertiary alicyclic amines) is 1. The highest BCUT2D eigenvalue weighted by molar-refractivity contribution is 6.04. The van der Waals surface area contributed by atoms with E-state index in [-0.39, 0.29) is 30.5 Å². The van der Waals surface area contributed by atoms with E-state index in [1.54, 1.807) is 18.2 Å². The fraction of sp³-hybridized carbons (Fsp3) is 0.423. The highest BCUT2D eigenvalue weighted by Gasteiger charge is 2.36. The second-order valence-electron chi connectivity index (χ2n) is 9.68. The van der Waals surface area contributed by atoms with Crippen LogP contribution in [0.4, 0.5) is 20.2 Å². The number of hydrogen-bond acceptors (Lipinski definition) is 3. The van der Waals surface area contributed by atoms with Crippen molar-refractivity contribution in [2.45, 2.75) is 33.6 Å². The van der Waals surface area contributed by atoms with E-state index < -0.39 is 23.5 Å². The van der Waals surface area contributed by atoms with Crippen LogP contribution in [0.15, 0.2) is 36.4 Å². The SMILES string of the molecule is Cc1ccc(C(=O)N2CC(C)CC(C)C2)cc1NC(=O)C1CC(=O)N(c2ccc(F)cc2F)C1. The minimum atomic E-state index is -0.849. The number of hydrogen-bond donors (Lipinski definition) is 1. The average molecular weight is 470 g/mol. The van der Waals surface area contributed by atoms with Crippen LogP contribution < -0.4 is 10.2 Å². The summed E-state index contributed by atoms with van der Waals surface area (Å²) < 4.78 is 27.4. The summed E-state index contributed by atoms with van der Waals surface area (Å²) in [6.45, 7) is 7.52. The molecule has 2 saturated heterocycles. The third kappa shape index (κ3) is 4.95. The van der Waals surface area contributed by atoms with Crippen LogP contribution in [0, 0.1) is 36.3 Å². The number of rotatable bonds is 4. The van der Waals surface area contributed by atoms with Gasteiger partial charge in [-0.05, 0) is 55.0 Å². The molecule has 2 aromatic carbocycles. The Hall–Kier alpha value is -3.29. The zero-order valence-corrected chi connectivity index (χ0v) is 19.6. The Bertz CT molecular complexity index is 1130. The van der Waals surface area contributed by atoms with Crippen molar-refractivity contribution in [1.29, 1.82) is 0 Å². The molecule has 2 fully saturated rings. The van der Waals surface area contributed by atoms with Crippen LogP contribution in [0.2, 0.25) is 0 Å². The third-order valence-electron chi connectivity index (χ3n) is 6.59. The summed E-state index contributed by atoms with van der Waals surface area (Å²) in [7, 11) is 0. The maximum absolute atomic E-state index is 14.2. The van der Waals surface area contributed by atoms with Gasteiger partial charge in [-0.1, -0.05) is 19.9 Å². The topological polar surface area (TPSA) is 69.7 Å². The van der Waals surface area contributed by atoms with Gasteiger partial charge in [0.15, 0.2) is 0 Å². The zero-order chi connectivity index (χ0) is 24.6. The minimum Gasteiger partial charge on any atom is -0.338 e. The van der Waals surface area contributed by atoms with E-state index in [0.717, 1.165) is 18.1 Å². The molecule has 2 aromatic rings. The van der Waals surface area contributed by atoms with Crippen LogP contribution in [0.5, 0.6) is 0 Å². The Morgan fingerprint density at radius 1 is 1.00 bits per heavy atom. The molecule has 3 atom stereocenters. The number of carbonyl (C=O) groups is 3. The highest BCUT2D eigenvalue weighted by Crippen LogP contribution is 2.29. The van der Waals surface area contributed by atoms with Gasteiger partial charge in [0.05, 0.1) is 11.6 Å². The molecule has 180 valence electrons. The molecular formula is C26H29F2N3O3. The van der Waals surface area contributed by atoms with Gasteiger partial charge in [-0.25, -0.2) is 8.78 Å².